The summed E-state index contributed by atoms with van der Waals surface area (Å²) in [6.45, 7) is 4.83. The molecule has 40 heavy (non-hydrogen) atoms. The number of hydrogen-bond acceptors (Lipinski definition) is 8. The molecule has 3 atom stereocenters. The third-order valence-electron chi connectivity index (χ3n) is 8.08. The number of anilines is 1. The van der Waals surface area contributed by atoms with Crippen molar-refractivity contribution >= 4 is 17.6 Å². The second-order valence-corrected chi connectivity index (χ2v) is 10.6. The molecule has 10 heteroatoms. The van der Waals surface area contributed by atoms with Crippen LogP contribution in [0.2, 0.25) is 0 Å². The maximum atomic E-state index is 13.9. The Kier molecular flexibility index (Phi) is 9.21. The number of carboxylic acid groups (broad SMARTS) is 1. The number of ether oxygens (including phenoxy) is 4. The van der Waals surface area contributed by atoms with Gasteiger partial charge in [0.25, 0.3) is 0 Å². The van der Waals surface area contributed by atoms with E-state index in [2.05, 4.69) is 6.92 Å². The van der Waals surface area contributed by atoms with Crippen LogP contribution in [0, 0.1) is 5.92 Å². The number of fused-ring (bicyclic) bond motifs is 1. The maximum absolute atomic E-state index is 13.9. The molecule has 2 aromatic carbocycles. The highest BCUT2D eigenvalue weighted by molar-refractivity contribution is 5.95. The Bertz CT molecular complexity index is 1190. The van der Waals surface area contributed by atoms with Crippen LogP contribution in [0.25, 0.3) is 0 Å². The van der Waals surface area contributed by atoms with Crippen molar-refractivity contribution in [3.05, 3.63) is 53.6 Å². The number of hydrogen-bond donors (Lipinski definition) is 2. The number of aliphatic carboxylic acids is 1. The third kappa shape index (κ3) is 6.25. The summed E-state index contributed by atoms with van der Waals surface area (Å²) in [7, 11) is 0. The summed E-state index contributed by atoms with van der Waals surface area (Å²) in [4.78, 5) is 30.5. The number of nitrogens with zero attached hydrogens (tertiary/aromatic N) is 2. The molecule has 3 N–H and O–H groups in total. The Hall–Kier alpha value is -3.18. The van der Waals surface area contributed by atoms with Gasteiger partial charge in [0.1, 0.15) is 0 Å². The zero-order valence-electron chi connectivity index (χ0n) is 23.0. The number of unbranched alkanes of at least 4 members (excludes halogenated alkanes) is 1. The fraction of sp³-hybridized carbons (Fsp3) is 0.533. The average Bonchev–Trinajstić information content (AvgIpc) is 3.72. The van der Waals surface area contributed by atoms with Crippen LogP contribution < -0.4 is 20.1 Å². The third-order valence-corrected chi connectivity index (χ3v) is 8.08. The molecular formula is C30H39N3O7. The van der Waals surface area contributed by atoms with Gasteiger partial charge in [-0.2, -0.15) is 0 Å². The van der Waals surface area contributed by atoms with E-state index in [1.54, 1.807) is 0 Å². The molecule has 10 nitrogen and oxygen atoms in total. The van der Waals surface area contributed by atoms with Crippen LogP contribution in [0.5, 0.6) is 11.5 Å². The molecule has 0 saturated carbocycles. The van der Waals surface area contributed by atoms with Crippen LogP contribution >= 0.6 is 0 Å². The molecule has 0 aliphatic carbocycles. The Labute approximate surface area is 234 Å². The Morgan fingerprint density at radius 1 is 1.07 bits per heavy atom. The first-order valence-corrected chi connectivity index (χ1v) is 14.2. The first-order valence-electron chi connectivity index (χ1n) is 14.2. The number of carboxylic acids is 1. The zero-order valence-corrected chi connectivity index (χ0v) is 23.0. The van der Waals surface area contributed by atoms with Gasteiger partial charge in [-0.1, -0.05) is 31.5 Å². The minimum absolute atomic E-state index is 0.0588. The summed E-state index contributed by atoms with van der Waals surface area (Å²) < 4.78 is 22.3. The fourth-order valence-electron chi connectivity index (χ4n) is 6.04. The number of carbonyl (C=O) groups excluding carboxylic acids is 1. The van der Waals surface area contributed by atoms with E-state index in [1.165, 1.54) is 0 Å². The van der Waals surface area contributed by atoms with Gasteiger partial charge in [-0.15, -0.1) is 0 Å². The van der Waals surface area contributed by atoms with Gasteiger partial charge in [-0.3, -0.25) is 14.5 Å². The molecule has 3 heterocycles. The van der Waals surface area contributed by atoms with Gasteiger partial charge < -0.3 is 34.7 Å². The van der Waals surface area contributed by atoms with Crippen LogP contribution in [0.3, 0.4) is 0 Å². The smallest absolute Gasteiger partial charge is 0.308 e. The summed E-state index contributed by atoms with van der Waals surface area (Å²) in [6, 6.07) is 13.0. The summed E-state index contributed by atoms with van der Waals surface area (Å²) in [6.07, 6.45) is 2.55. The van der Waals surface area contributed by atoms with Gasteiger partial charge in [0, 0.05) is 37.3 Å². The van der Waals surface area contributed by atoms with Gasteiger partial charge in [-0.05, 0) is 54.7 Å². The zero-order chi connectivity index (χ0) is 28.1. The number of amides is 1. The number of nitrogens with two attached hydrogens (primary N) is 1. The molecular weight excluding hydrogens is 514 g/mol. The number of carbonyl (C=O) groups is 2. The van der Waals surface area contributed by atoms with Crippen LogP contribution in [-0.2, 0) is 25.6 Å². The van der Waals surface area contributed by atoms with Crippen molar-refractivity contribution in [1.82, 2.24) is 4.90 Å². The highest BCUT2D eigenvalue weighted by atomic mass is 16.7. The number of rotatable bonds is 12. The lowest BCUT2D eigenvalue weighted by Crippen LogP contribution is -2.44. The highest BCUT2D eigenvalue weighted by Gasteiger charge is 2.47. The van der Waals surface area contributed by atoms with E-state index in [1.807, 2.05) is 52.3 Å². The van der Waals surface area contributed by atoms with Crippen LogP contribution in [-0.4, -0.2) is 73.9 Å². The Balaban J connectivity index is 1.42. The summed E-state index contributed by atoms with van der Waals surface area (Å²) >= 11 is 0. The standard InChI is InChI=1S/C30H39N3O7/c1-2-3-11-33(22-6-4-5-20(14-22)16-31)27(34)18-32-17-23(21-7-9-25-26(15-21)40-19-39-25)29(30(35)36)24(32)8-10-28-37-12-13-38-28/h4-7,9,14-15,23-24,28-29H,2-3,8,10-13,16-19,31H2,1H3,(H,35,36). The minimum atomic E-state index is -0.880. The summed E-state index contributed by atoms with van der Waals surface area (Å²) in [5, 5.41) is 10.5. The molecule has 5 rings (SSSR count). The molecule has 1 amide bonds. The lowest BCUT2D eigenvalue weighted by Gasteiger charge is -2.30. The highest BCUT2D eigenvalue weighted by Crippen LogP contribution is 2.43. The monoisotopic (exact) mass is 553 g/mol. The minimum Gasteiger partial charge on any atom is -0.481 e. The molecule has 0 spiro atoms. The van der Waals surface area contributed by atoms with Gasteiger partial charge in [0.15, 0.2) is 17.8 Å². The van der Waals surface area contributed by atoms with Crippen LogP contribution in [0.4, 0.5) is 5.69 Å². The summed E-state index contributed by atoms with van der Waals surface area (Å²) in [5.74, 6) is -0.699. The molecule has 0 aromatic heterocycles. The predicted octanol–water partition coefficient (Wildman–Crippen LogP) is 3.33. The fourth-order valence-corrected chi connectivity index (χ4v) is 6.04. The van der Waals surface area contributed by atoms with Crippen LogP contribution in [0.15, 0.2) is 42.5 Å². The maximum Gasteiger partial charge on any atom is 0.308 e. The molecule has 0 radical (unpaired) electrons. The van der Waals surface area contributed by atoms with Crippen molar-refractivity contribution in [2.75, 3.05) is 44.5 Å². The molecule has 216 valence electrons. The normalized spacial score (nSPS) is 22.6. The predicted molar refractivity (Wildman–Crippen MR) is 148 cm³/mol. The SMILES string of the molecule is CCCCN(C(=O)CN1CC(c2ccc3c(c2)OCO3)C(C(=O)O)C1CCC1OCCO1)c1cccc(CN)c1. The van der Waals surface area contributed by atoms with Crippen molar-refractivity contribution in [1.29, 1.82) is 0 Å². The second kappa shape index (κ2) is 13.0. The van der Waals surface area contributed by atoms with Gasteiger partial charge in [0.05, 0.1) is 25.7 Å². The second-order valence-electron chi connectivity index (χ2n) is 10.6. The van der Waals surface area contributed by atoms with Gasteiger partial charge >= 0.3 is 5.97 Å². The quantitative estimate of drug-likeness (QED) is 0.407. The van der Waals surface area contributed by atoms with Gasteiger partial charge in [-0.25, -0.2) is 0 Å². The molecule has 2 fully saturated rings. The molecule has 3 unspecified atom stereocenters. The van der Waals surface area contributed by atoms with Gasteiger partial charge in [0.2, 0.25) is 12.7 Å². The molecule has 3 aliphatic heterocycles. The molecule has 2 saturated heterocycles. The largest absolute Gasteiger partial charge is 0.481 e. The Morgan fingerprint density at radius 3 is 2.62 bits per heavy atom. The lowest BCUT2D eigenvalue weighted by atomic mass is 9.83. The van der Waals surface area contributed by atoms with E-state index >= 15 is 0 Å². The number of likely N-dealkylation sites (tertiary alicyclic amines) is 1. The van der Waals surface area contributed by atoms with E-state index < -0.39 is 11.9 Å². The first-order chi connectivity index (χ1) is 19.5. The topological polar surface area (TPSA) is 124 Å². The first kappa shape index (κ1) is 28.4. The molecule has 3 aliphatic rings. The molecule has 2 aromatic rings. The Morgan fingerprint density at radius 2 is 1.88 bits per heavy atom. The van der Waals surface area contributed by atoms with E-state index in [0.717, 1.165) is 29.7 Å². The van der Waals surface area contributed by atoms with Crippen molar-refractivity contribution in [3.8, 4) is 11.5 Å². The van der Waals surface area contributed by atoms with E-state index in [9.17, 15) is 14.7 Å². The lowest BCUT2D eigenvalue weighted by molar-refractivity contribution is -0.143. The van der Waals surface area contributed by atoms with Crippen molar-refractivity contribution in [2.45, 2.75) is 57.4 Å². The van der Waals surface area contributed by atoms with Crippen molar-refractivity contribution < 1.29 is 33.6 Å². The van der Waals surface area contributed by atoms with Crippen molar-refractivity contribution in [3.63, 3.8) is 0 Å². The molecule has 0 bridgehead atoms. The van der Waals surface area contributed by atoms with Crippen LogP contribution in [0.1, 0.15) is 49.7 Å². The average molecular weight is 554 g/mol. The van der Waals surface area contributed by atoms with E-state index in [0.29, 0.717) is 57.2 Å². The van der Waals surface area contributed by atoms with E-state index in [-0.39, 0.29) is 37.5 Å². The number of benzene rings is 2. The van der Waals surface area contributed by atoms with E-state index in [4.69, 9.17) is 24.7 Å². The summed E-state index contributed by atoms with van der Waals surface area (Å²) in [5.41, 5.74) is 8.51. The van der Waals surface area contributed by atoms with Crippen molar-refractivity contribution in [2.24, 2.45) is 11.7 Å².